The highest BCUT2D eigenvalue weighted by Gasteiger charge is 2.54. The van der Waals surface area contributed by atoms with Crippen molar-refractivity contribution in [3.8, 4) is 0 Å². The van der Waals surface area contributed by atoms with Gasteiger partial charge in [0.2, 0.25) is 5.91 Å². The molecule has 1 saturated heterocycles. The zero-order chi connectivity index (χ0) is 11.2. The average molecular weight is 215 g/mol. The standard InChI is InChI=1S/C14H17NO/c1-10-2-4-11(5-3-10)8-14-7-6-12(14)13(16)15-9-14/h2-5,12H,6-9H2,1H3,(H,15,16). The molecule has 0 radical (unpaired) electrons. The molecule has 3 rings (SSSR count). The molecule has 2 heteroatoms. The summed E-state index contributed by atoms with van der Waals surface area (Å²) in [5.74, 6) is 0.562. The summed E-state index contributed by atoms with van der Waals surface area (Å²) in [7, 11) is 0. The van der Waals surface area contributed by atoms with Gasteiger partial charge in [0.1, 0.15) is 0 Å². The minimum Gasteiger partial charge on any atom is -0.355 e. The van der Waals surface area contributed by atoms with Crippen LogP contribution in [-0.4, -0.2) is 12.5 Å². The lowest BCUT2D eigenvalue weighted by Crippen LogP contribution is -2.42. The summed E-state index contributed by atoms with van der Waals surface area (Å²) >= 11 is 0. The second-order valence-corrected chi connectivity index (χ2v) is 5.33. The van der Waals surface area contributed by atoms with Crippen molar-refractivity contribution in [1.82, 2.24) is 5.32 Å². The van der Waals surface area contributed by atoms with Gasteiger partial charge in [0.15, 0.2) is 0 Å². The SMILES string of the molecule is Cc1ccc(CC23CCC2C(=O)NC3)cc1. The lowest BCUT2D eigenvalue weighted by molar-refractivity contribution is -0.127. The molecule has 0 bridgehead atoms. The second kappa shape index (κ2) is 3.34. The van der Waals surface area contributed by atoms with Crippen LogP contribution in [-0.2, 0) is 11.2 Å². The number of aryl methyl sites for hydroxylation is 1. The fourth-order valence-electron chi connectivity index (χ4n) is 3.09. The molecular weight excluding hydrogens is 198 g/mol. The van der Waals surface area contributed by atoms with Crippen LogP contribution in [0.15, 0.2) is 24.3 Å². The van der Waals surface area contributed by atoms with Crippen molar-refractivity contribution in [2.75, 3.05) is 6.54 Å². The van der Waals surface area contributed by atoms with Gasteiger partial charge in [0.05, 0.1) is 0 Å². The Balaban J connectivity index is 1.80. The first-order valence-corrected chi connectivity index (χ1v) is 6.03. The molecule has 84 valence electrons. The highest BCUT2D eigenvalue weighted by atomic mass is 16.2. The molecule has 0 aromatic heterocycles. The van der Waals surface area contributed by atoms with Gasteiger partial charge in [0.25, 0.3) is 0 Å². The van der Waals surface area contributed by atoms with Gasteiger partial charge in [-0.15, -0.1) is 0 Å². The fraction of sp³-hybridized carbons (Fsp3) is 0.500. The predicted molar refractivity (Wildman–Crippen MR) is 63.0 cm³/mol. The molecule has 1 aromatic rings. The van der Waals surface area contributed by atoms with E-state index in [0.29, 0.717) is 0 Å². The molecule has 0 spiro atoms. The van der Waals surface area contributed by atoms with Crippen LogP contribution in [0.3, 0.4) is 0 Å². The van der Waals surface area contributed by atoms with Gasteiger partial charge in [-0.1, -0.05) is 29.8 Å². The fourth-order valence-corrected chi connectivity index (χ4v) is 3.09. The summed E-state index contributed by atoms with van der Waals surface area (Å²) in [6, 6.07) is 8.71. The highest BCUT2D eigenvalue weighted by Crippen LogP contribution is 2.51. The van der Waals surface area contributed by atoms with Gasteiger partial charge in [-0.3, -0.25) is 4.79 Å². The minimum absolute atomic E-state index is 0.242. The van der Waals surface area contributed by atoms with Crippen LogP contribution in [0.5, 0.6) is 0 Å². The highest BCUT2D eigenvalue weighted by molar-refractivity contribution is 5.83. The average Bonchev–Trinajstić information content (AvgIpc) is 2.44. The maximum Gasteiger partial charge on any atom is 0.223 e. The molecule has 1 aromatic carbocycles. The molecule has 1 saturated carbocycles. The van der Waals surface area contributed by atoms with Crippen LogP contribution in [0.2, 0.25) is 0 Å². The third-order valence-electron chi connectivity index (χ3n) is 4.28. The number of carbonyl (C=O) groups excluding carboxylic acids is 1. The van der Waals surface area contributed by atoms with E-state index in [1.807, 2.05) is 0 Å². The largest absolute Gasteiger partial charge is 0.355 e. The molecule has 2 aliphatic rings. The summed E-state index contributed by atoms with van der Waals surface area (Å²) in [6.45, 7) is 2.99. The summed E-state index contributed by atoms with van der Waals surface area (Å²) in [4.78, 5) is 11.6. The monoisotopic (exact) mass is 215 g/mol. The Labute approximate surface area is 96.1 Å². The number of hydrogen-bond donors (Lipinski definition) is 1. The summed E-state index contributed by atoms with van der Waals surface area (Å²) in [5, 5.41) is 3.02. The molecule has 1 heterocycles. The number of hydrogen-bond acceptors (Lipinski definition) is 1. The van der Waals surface area contributed by atoms with Gasteiger partial charge >= 0.3 is 0 Å². The van der Waals surface area contributed by atoms with Crippen molar-refractivity contribution in [2.45, 2.75) is 26.2 Å². The lowest BCUT2D eigenvalue weighted by atomic mass is 9.59. The normalized spacial score (nSPS) is 31.8. The van der Waals surface area contributed by atoms with Crippen molar-refractivity contribution in [3.63, 3.8) is 0 Å². The van der Waals surface area contributed by atoms with E-state index in [0.717, 1.165) is 19.4 Å². The Kier molecular flexibility index (Phi) is 2.06. The molecule has 2 nitrogen and oxygen atoms in total. The van der Waals surface area contributed by atoms with Crippen molar-refractivity contribution in [3.05, 3.63) is 35.4 Å². The first-order chi connectivity index (χ1) is 7.70. The number of carbonyl (C=O) groups is 1. The quantitative estimate of drug-likeness (QED) is 0.804. The summed E-state index contributed by atoms with van der Waals surface area (Å²) in [6.07, 6.45) is 3.33. The number of fused-ring (bicyclic) bond motifs is 1. The maximum absolute atomic E-state index is 11.6. The Bertz CT molecular complexity index is 423. The number of nitrogens with one attached hydrogen (secondary N) is 1. The molecule has 1 aliphatic heterocycles. The van der Waals surface area contributed by atoms with Crippen molar-refractivity contribution in [1.29, 1.82) is 0 Å². The van der Waals surface area contributed by atoms with Gasteiger partial charge < -0.3 is 5.32 Å². The van der Waals surface area contributed by atoms with Crippen molar-refractivity contribution < 1.29 is 4.79 Å². The smallest absolute Gasteiger partial charge is 0.223 e. The molecule has 16 heavy (non-hydrogen) atoms. The van der Waals surface area contributed by atoms with E-state index in [-0.39, 0.29) is 17.2 Å². The van der Waals surface area contributed by atoms with Gasteiger partial charge in [-0.2, -0.15) is 0 Å². The van der Waals surface area contributed by atoms with E-state index < -0.39 is 0 Å². The summed E-state index contributed by atoms with van der Waals surface area (Å²) in [5.41, 5.74) is 2.91. The minimum atomic E-state index is 0.242. The van der Waals surface area contributed by atoms with Crippen LogP contribution < -0.4 is 5.32 Å². The molecule has 1 amide bonds. The maximum atomic E-state index is 11.6. The van der Waals surface area contributed by atoms with E-state index in [2.05, 4.69) is 36.5 Å². The number of amides is 1. The zero-order valence-corrected chi connectivity index (χ0v) is 9.62. The van der Waals surface area contributed by atoms with Gasteiger partial charge in [-0.05, 0) is 31.7 Å². The van der Waals surface area contributed by atoms with E-state index in [1.54, 1.807) is 0 Å². The summed E-state index contributed by atoms with van der Waals surface area (Å²) < 4.78 is 0. The molecule has 2 unspecified atom stereocenters. The second-order valence-electron chi connectivity index (χ2n) is 5.33. The number of rotatable bonds is 2. The predicted octanol–water partition coefficient (Wildman–Crippen LogP) is 2.06. The third kappa shape index (κ3) is 1.36. The van der Waals surface area contributed by atoms with Crippen molar-refractivity contribution in [2.24, 2.45) is 11.3 Å². The Morgan fingerprint density at radius 1 is 1.38 bits per heavy atom. The Morgan fingerprint density at radius 3 is 2.69 bits per heavy atom. The molecule has 2 fully saturated rings. The van der Waals surface area contributed by atoms with Gasteiger partial charge in [0, 0.05) is 17.9 Å². The van der Waals surface area contributed by atoms with E-state index in [4.69, 9.17) is 0 Å². The van der Waals surface area contributed by atoms with Crippen LogP contribution in [0, 0.1) is 18.3 Å². The van der Waals surface area contributed by atoms with E-state index >= 15 is 0 Å². The lowest BCUT2D eigenvalue weighted by Gasteiger charge is -2.42. The number of benzene rings is 1. The Morgan fingerprint density at radius 2 is 2.12 bits per heavy atom. The molecule has 1 N–H and O–H groups in total. The van der Waals surface area contributed by atoms with E-state index in [1.165, 1.54) is 17.5 Å². The third-order valence-corrected chi connectivity index (χ3v) is 4.28. The van der Waals surface area contributed by atoms with Crippen LogP contribution in [0.4, 0.5) is 0 Å². The molecule has 2 atom stereocenters. The molecule has 1 aliphatic carbocycles. The van der Waals surface area contributed by atoms with Crippen LogP contribution >= 0.6 is 0 Å². The van der Waals surface area contributed by atoms with Gasteiger partial charge in [-0.25, -0.2) is 0 Å². The first kappa shape index (κ1) is 9.88. The molecular formula is C14H17NO. The van der Waals surface area contributed by atoms with Crippen molar-refractivity contribution >= 4 is 5.91 Å². The zero-order valence-electron chi connectivity index (χ0n) is 9.62. The van der Waals surface area contributed by atoms with Crippen LogP contribution in [0.1, 0.15) is 24.0 Å². The van der Waals surface area contributed by atoms with Crippen LogP contribution in [0.25, 0.3) is 0 Å². The Hall–Kier alpha value is -1.31. The first-order valence-electron chi connectivity index (χ1n) is 6.03. The topological polar surface area (TPSA) is 29.1 Å². The van der Waals surface area contributed by atoms with E-state index in [9.17, 15) is 4.79 Å².